The molecule has 0 aromatic rings. The summed E-state index contributed by atoms with van der Waals surface area (Å²) < 4.78 is 5.67. The van der Waals surface area contributed by atoms with Crippen LogP contribution in [0.25, 0.3) is 0 Å². The second kappa shape index (κ2) is 5.94. The molecule has 0 radical (unpaired) electrons. The minimum atomic E-state index is -0.486. The third-order valence-electron chi connectivity index (χ3n) is 3.10. The molecule has 19 heavy (non-hydrogen) atoms. The molecule has 2 amide bonds. The van der Waals surface area contributed by atoms with Crippen LogP contribution in [0.5, 0.6) is 0 Å². The molecule has 0 aromatic heterocycles. The molecule has 0 spiro atoms. The lowest BCUT2D eigenvalue weighted by molar-refractivity contribution is -0.0799. The summed E-state index contributed by atoms with van der Waals surface area (Å²) in [6.45, 7) is 5.41. The minimum Gasteiger partial charge on any atom is -0.373 e. The number of hydrogen-bond acceptors (Lipinski definition) is 6. The second-order valence-corrected chi connectivity index (χ2v) is 5.76. The highest BCUT2D eigenvalue weighted by atomic mass is 32.2. The largest absolute Gasteiger partial charge is 0.373 e. The molecule has 2 rings (SSSR count). The lowest BCUT2D eigenvalue weighted by Crippen LogP contribution is -2.56. The average Bonchev–Trinajstić information content (AvgIpc) is 2.80. The normalized spacial score (nSPS) is 32.3. The maximum atomic E-state index is 11.8. The number of rotatable bonds is 1. The van der Waals surface area contributed by atoms with Crippen molar-refractivity contribution >= 4 is 23.7 Å². The van der Waals surface area contributed by atoms with Crippen molar-refractivity contribution in [2.45, 2.75) is 31.6 Å². The SMILES string of the molecule is C[C@@H]1CN(C2SCC(=C=O)N2C(=O)NN)C[C@H](C)O1. The van der Waals surface area contributed by atoms with E-state index < -0.39 is 6.03 Å². The first-order valence-corrected chi connectivity index (χ1v) is 7.16. The zero-order chi connectivity index (χ0) is 14.0. The smallest absolute Gasteiger partial charge is 0.338 e. The van der Waals surface area contributed by atoms with Gasteiger partial charge in [-0.25, -0.2) is 15.4 Å². The number of carbonyl (C=O) groups is 1. The number of morpholine rings is 1. The molecule has 0 aliphatic carbocycles. The molecule has 3 N–H and O–H groups in total. The fourth-order valence-corrected chi connectivity index (χ4v) is 3.73. The lowest BCUT2D eigenvalue weighted by atomic mass is 10.2. The van der Waals surface area contributed by atoms with E-state index in [-0.39, 0.29) is 17.7 Å². The van der Waals surface area contributed by atoms with Gasteiger partial charge in [-0.1, -0.05) is 0 Å². The van der Waals surface area contributed by atoms with Gasteiger partial charge in [-0.2, -0.15) is 0 Å². The van der Waals surface area contributed by atoms with E-state index in [1.54, 1.807) is 0 Å². The predicted molar refractivity (Wildman–Crippen MR) is 71.6 cm³/mol. The number of hydrazine groups is 1. The standard InChI is InChI=1S/C11H18N4O3S/c1-7-3-14(4-8(2)18-7)11-15(10(17)13-12)9(5-16)6-19-11/h7-8,11H,3-4,6,12H2,1-2H3,(H,13,17)/t7-,8+,11?. The van der Waals surface area contributed by atoms with Crippen LogP contribution in [0.15, 0.2) is 5.70 Å². The van der Waals surface area contributed by atoms with Crippen molar-refractivity contribution in [3.8, 4) is 0 Å². The first-order chi connectivity index (χ1) is 9.06. The van der Waals surface area contributed by atoms with Crippen molar-refractivity contribution in [1.82, 2.24) is 15.2 Å². The summed E-state index contributed by atoms with van der Waals surface area (Å²) in [5.41, 5.74) is 2.17. The summed E-state index contributed by atoms with van der Waals surface area (Å²) in [6.07, 6.45) is 0.188. The van der Waals surface area contributed by atoms with Gasteiger partial charge in [-0.3, -0.25) is 15.2 Å². The van der Waals surface area contributed by atoms with Crippen molar-refractivity contribution in [2.24, 2.45) is 5.84 Å². The summed E-state index contributed by atoms with van der Waals surface area (Å²) in [4.78, 5) is 26.2. The molecular formula is C11H18N4O3S. The van der Waals surface area contributed by atoms with Gasteiger partial charge >= 0.3 is 6.03 Å². The van der Waals surface area contributed by atoms with Gasteiger partial charge in [-0.15, -0.1) is 11.8 Å². The van der Waals surface area contributed by atoms with Gasteiger partial charge in [0.25, 0.3) is 0 Å². The van der Waals surface area contributed by atoms with Crippen molar-refractivity contribution < 1.29 is 14.3 Å². The Kier molecular flexibility index (Phi) is 4.49. The lowest BCUT2D eigenvalue weighted by Gasteiger charge is -2.40. The van der Waals surface area contributed by atoms with E-state index in [1.165, 1.54) is 16.7 Å². The van der Waals surface area contributed by atoms with Crippen molar-refractivity contribution in [1.29, 1.82) is 0 Å². The molecular weight excluding hydrogens is 268 g/mol. The topological polar surface area (TPSA) is 87.9 Å². The van der Waals surface area contributed by atoms with E-state index in [4.69, 9.17) is 10.6 Å². The number of nitrogens with two attached hydrogens (primary N) is 1. The highest BCUT2D eigenvalue weighted by Gasteiger charge is 2.40. The molecule has 0 saturated carbocycles. The minimum absolute atomic E-state index is 0.0939. The van der Waals surface area contributed by atoms with Crippen LogP contribution in [0.2, 0.25) is 0 Å². The van der Waals surface area contributed by atoms with Crippen LogP contribution in [-0.4, -0.2) is 58.3 Å². The number of urea groups is 1. The Morgan fingerprint density at radius 1 is 1.47 bits per heavy atom. The van der Waals surface area contributed by atoms with Crippen LogP contribution in [0.4, 0.5) is 4.79 Å². The Morgan fingerprint density at radius 2 is 2.11 bits per heavy atom. The molecule has 2 aliphatic rings. The summed E-state index contributed by atoms with van der Waals surface area (Å²) >= 11 is 1.52. The monoisotopic (exact) mass is 286 g/mol. The Hall–Kier alpha value is -1.05. The summed E-state index contributed by atoms with van der Waals surface area (Å²) in [5.74, 6) is 7.46. The number of amides is 2. The molecule has 2 fully saturated rings. The zero-order valence-corrected chi connectivity index (χ0v) is 11.8. The third-order valence-corrected chi connectivity index (χ3v) is 4.35. The highest BCUT2D eigenvalue weighted by molar-refractivity contribution is 8.00. The van der Waals surface area contributed by atoms with E-state index >= 15 is 0 Å². The van der Waals surface area contributed by atoms with Crippen LogP contribution in [0, 0.1) is 0 Å². The number of hydrogen-bond donors (Lipinski definition) is 2. The van der Waals surface area contributed by atoms with Gasteiger partial charge in [0.05, 0.1) is 12.2 Å². The van der Waals surface area contributed by atoms with Crippen LogP contribution in [-0.2, 0) is 9.53 Å². The number of nitrogens with zero attached hydrogens (tertiary/aromatic N) is 2. The second-order valence-electron chi connectivity index (χ2n) is 4.72. The Balaban J connectivity index is 2.18. The van der Waals surface area contributed by atoms with Crippen LogP contribution in [0.3, 0.4) is 0 Å². The average molecular weight is 286 g/mol. The van der Waals surface area contributed by atoms with E-state index in [0.29, 0.717) is 24.5 Å². The van der Waals surface area contributed by atoms with E-state index in [2.05, 4.69) is 10.3 Å². The number of nitrogens with one attached hydrogen (secondary N) is 1. The molecule has 3 atom stereocenters. The van der Waals surface area contributed by atoms with Gasteiger partial charge in [0.1, 0.15) is 17.1 Å². The molecule has 106 valence electrons. The first-order valence-electron chi connectivity index (χ1n) is 6.11. The highest BCUT2D eigenvalue weighted by Crippen LogP contribution is 2.34. The summed E-state index contributed by atoms with van der Waals surface area (Å²) in [7, 11) is 0. The molecule has 1 unspecified atom stereocenters. The Labute approximate surface area is 116 Å². The van der Waals surface area contributed by atoms with Gasteiger partial charge in [0.2, 0.25) is 0 Å². The first kappa shape index (κ1) is 14.4. The van der Waals surface area contributed by atoms with Crippen molar-refractivity contribution in [3.63, 3.8) is 0 Å². The summed E-state index contributed by atoms with van der Waals surface area (Å²) in [6, 6.07) is -0.486. The fraction of sp³-hybridized carbons (Fsp3) is 0.727. The van der Waals surface area contributed by atoms with Gasteiger partial charge in [0, 0.05) is 18.8 Å². The molecule has 0 bridgehead atoms. The van der Waals surface area contributed by atoms with Crippen LogP contribution in [0.1, 0.15) is 13.8 Å². The predicted octanol–water partition coefficient (Wildman–Crippen LogP) is -0.273. The maximum Gasteiger partial charge on any atom is 0.338 e. The summed E-state index contributed by atoms with van der Waals surface area (Å²) in [5, 5.41) is 0. The molecule has 7 nitrogen and oxygen atoms in total. The van der Waals surface area contributed by atoms with Gasteiger partial charge in [0.15, 0.2) is 0 Å². The van der Waals surface area contributed by atoms with E-state index in [9.17, 15) is 9.59 Å². The fourth-order valence-electron chi connectivity index (χ4n) is 2.47. The molecule has 2 saturated heterocycles. The van der Waals surface area contributed by atoms with Crippen molar-refractivity contribution in [3.05, 3.63) is 5.70 Å². The van der Waals surface area contributed by atoms with Gasteiger partial charge < -0.3 is 4.74 Å². The molecule has 2 aliphatic heterocycles. The zero-order valence-electron chi connectivity index (χ0n) is 11.0. The molecule has 0 aromatic carbocycles. The van der Waals surface area contributed by atoms with E-state index in [1.807, 2.05) is 19.8 Å². The molecule has 8 heteroatoms. The van der Waals surface area contributed by atoms with Crippen LogP contribution >= 0.6 is 11.8 Å². The third kappa shape index (κ3) is 2.93. The maximum absolute atomic E-state index is 11.8. The Bertz CT molecular complexity index is 403. The van der Waals surface area contributed by atoms with E-state index in [0.717, 1.165) is 0 Å². The molecule has 2 heterocycles. The Morgan fingerprint density at radius 3 is 2.63 bits per heavy atom. The number of carbonyl (C=O) groups excluding carboxylic acids is 2. The number of thioether (sulfide) groups is 1. The van der Waals surface area contributed by atoms with Gasteiger partial charge in [-0.05, 0) is 13.8 Å². The van der Waals surface area contributed by atoms with Crippen LogP contribution < -0.4 is 11.3 Å². The van der Waals surface area contributed by atoms with Crippen molar-refractivity contribution in [2.75, 3.05) is 18.8 Å². The number of ether oxygens (including phenoxy) is 1. The quantitative estimate of drug-likeness (QED) is 0.298.